The molecule has 0 spiro atoms. The predicted molar refractivity (Wildman–Crippen MR) is 71.3 cm³/mol. The summed E-state index contributed by atoms with van der Waals surface area (Å²) in [6.45, 7) is 7.15. The lowest BCUT2D eigenvalue weighted by Crippen LogP contribution is -2.53. The van der Waals surface area contributed by atoms with Gasteiger partial charge in [-0.1, -0.05) is 6.07 Å². The smallest absolute Gasteiger partial charge is 0.237 e. The Morgan fingerprint density at radius 3 is 3.17 bits per heavy atom. The zero-order chi connectivity index (χ0) is 13.0. The average Bonchev–Trinajstić information content (AvgIpc) is 2.36. The zero-order valence-electron chi connectivity index (χ0n) is 10.9. The standard InChI is InChI=1S/C13H20N4O/c1-3-14-12-6-4-5-11(16-12)9-17-8-7-15-13(18)10(17)2/h4-6,10H,3,7-9H2,1-2H3,(H,14,16)(H,15,18). The van der Waals surface area contributed by atoms with Crippen LogP contribution in [0.4, 0.5) is 5.82 Å². The molecule has 0 aliphatic carbocycles. The second-order valence-corrected chi connectivity index (χ2v) is 4.48. The number of nitrogens with zero attached hydrogens (tertiary/aromatic N) is 2. The number of nitrogens with one attached hydrogen (secondary N) is 2. The number of carbonyl (C=O) groups excluding carboxylic acids is 1. The van der Waals surface area contributed by atoms with Gasteiger partial charge in [0.2, 0.25) is 5.91 Å². The topological polar surface area (TPSA) is 57.3 Å². The summed E-state index contributed by atoms with van der Waals surface area (Å²) in [5.74, 6) is 0.994. The van der Waals surface area contributed by atoms with Gasteiger partial charge in [-0.3, -0.25) is 9.69 Å². The Labute approximate surface area is 108 Å². The molecule has 18 heavy (non-hydrogen) atoms. The van der Waals surface area contributed by atoms with Crippen molar-refractivity contribution < 1.29 is 4.79 Å². The van der Waals surface area contributed by atoms with Crippen molar-refractivity contribution in [3.63, 3.8) is 0 Å². The van der Waals surface area contributed by atoms with Gasteiger partial charge in [0, 0.05) is 26.2 Å². The molecular formula is C13H20N4O. The van der Waals surface area contributed by atoms with E-state index in [0.29, 0.717) is 6.54 Å². The van der Waals surface area contributed by atoms with Gasteiger partial charge < -0.3 is 10.6 Å². The van der Waals surface area contributed by atoms with Crippen LogP contribution in [0, 0.1) is 0 Å². The number of anilines is 1. The van der Waals surface area contributed by atoms with Crippen molar-refractivity contribution in [2.75, 3.05) is 25.0 Å². The first-order valence-electron chi connectivity index (χ1n) is 6.42. The van der Waals surface area contributed by atoms with Crippen molar-refractivity contribution in [3.05, 3.63) is 23.9 Å². The summed E-state index contributed by atoms with van der Waals surface area (Å²) in [4.78, 5) is 18.3. The molecule has 1 aromatic heterocycles. The van der Waals surface area contributed by atoms with Crippen LogP contribution in [0.3, 0.4) is 0 Å². The highest BCUT2D eigenvalue weighted by Gasteiger charge is 2.25. The number of hydrogen-bond acceptors (Lipinski definition) is 4. The third-order valence-corrected chi connectivity index (χ3v) is 3.16. The molecule has 0 saturated carbocycles. The highest BCUT2D eigenvalue weighted by Crippen LogP contribution is 2.11. The number of aromatic nitrogens is 1. The molecule has 0 bridgehead atoms. The lowest BCUT2D eigenvalue weighted by Gasteiger charge is -2.32. The monoisotopic (exact) mass is 248 g/mol. The maximum absolute atomic E-state index is 11.6. The maximum Gasteiger partial charge on any atom is 0.237 e. The van der Waals surface area contributed by atoms with E-state index in [1.165, 1.54) is 0 Å². The summed E-state index contributed by atoms with van der Waals surface area (Å²) < 4.78 is 0. The predicted octanol–water partition coefficient (Wildman–Crippen LogP) is 0.834. The van der Waals surface area contributed by atoms with Crippen LogP contribution in [0.2, 0.25) is 0 Å². The molecule has 1 amide bonds. The Hall–Kier alpha value is -1.62. The van der Waals surface area contributed by atoms with Gasteiger partial charge in [-0.25, -0.2) is 4.98 Å². The number of carbonyl (C=O) groups is 1. The Balaban J connectivity index is 2.04. The zero-order valence-corrected chi connectivity index (χ0v) is 10.9. The molecule has 1 aromatic rings. The van der Waals surface area contributed by atoms with Gasteiger partial charge in [0.25, 0.3) is 0 Å². The van der Waals surface area contributed by atoms with Crippen molar-refractivity contribution in [1.82, 2.24) is 15.2 Å². The maximum atomic E-state index is 11.6. The highest BCUT2D eigenvalue weighted by atomic mass is 16.2. The summed E-state index contributed by atoms with van der Waals surface area (Å²) in [5.41, 5.74) is 0.995. The normalized spacial score (nSPS) is 20.6. The lowest BCUT2D eigenvalue weighted by atomic mass is 10.2. The first kappa shape index (κ1) is 12.8. The van der Waals surface area contributed by atoms with Gasteiger partial charge in [-0.15, -0.1) is 0 Å². The van der Waals surface area contributed by atoms with Gasteiger partial charge in [0.1, 0.15) is 5.82 Å². The van der Waals surface area contributed by atoms with E-state index in [1.807, 2.05) is 32.0 Å². The second kappa shape index (κ2) is 5.82. The Bertz CT molecular complexity index is 421. The van der Waals surface area contributed by atoms with E-state index < -0.39 is 0 Å². The molecular weight excluding hydrogens is 228 g/mol. The van der Waals surface area contributed by atoms with E-state index in [0.717, 1.165) is 31.1 Å². The van der Waals surface area contributed by atoms with Gasteiger partial charge in [0.05, 0.1) is 11.7 Å². The number of pyridine rings is 1. The number of rotatable bonds is 4. The highest BCUT2D eigenvalue weighted by molar-refractivity contribution is 5.81. The van der Waals surface area contributed by atoms with E-state index in [-0.39, 0.29) is 11.9 Å². The summed E-state index contributed by atoms with van der Waals surface area (Å²) >= 11 is 0. The van der Waals surface area contributed by atoms with Crippen LogP contribution in [0.15, 0.2) is 18.2 Å². The van der Waals surface area contributed by atoms with Crippen LogP contribution in [-0.2, 0) is 11.3 Å². The average molecular weight is 248 g/mol. The first-order valence-corrected chi connectivity index (χ1v) is 6.42. The van der Waals surface area contributed by atoms with Crippen LogP contribution in [-0.4, -0.2) is 41.5 Å². The summed E-state index contributed by atoms with van der Waals surface area (Å²) in [5, 5.41) is 6.06. The Morgan fingerprint density at radius 1 is 1.56 bits per heavy atom. The SMILES string of the molecule is CCNc1cccc(CN2CCNC(=O)C2C)n1. The molecule has 0 aromatic carbocycles. The Kier molecular flexibility index (Phi) is 4.15. The minimum Gasteiger partial charge on any atom is -0.370 e. The molecule has 0 radical (unpaired) electrons. The fraction of sp³-hybridized carbons (Fsp3) is 0.538. The Morgan fingerprint density at radius 2 is 2.39 bits per heavy atom. The molecule has 98 valence electrons. The molecule has 2 heterocycles. The fourth-order valence-corrected chi connectivity index (χ4v) is 2.10. The van der Waals surface area contributed by atoms with E-state index >= 15 is 0 Å². The van der Waals surface area contributed by atoms with E-state index in [2.05, 4.69) is 20.5 Å². The first-order chi connectivity index (χ1) is 8.70. The molecule has 2 N–H and O–H groups in total. The third kappa shape index (κ3) is 2.98. The van der Waals surface area contributed by atoms with Crippen LogP contribution in [0.5, 0.6) is 0 Å². The molecule has 1 aliphatic heterocycles. The molecule has 5 nitrogen and oxygen atoms in total. The summed E-state index contributed by atoms with van der Waals surface area (Å²) in [6, 6.07) is 5.87. The van der Waals surface area contributed by atoms with Crippen molar-refractivity contribution in [2.45, 2.75) is 26.4 Å². The molecule has 2 rings (SSSR count). The fourth-order valence-electron chi connectivity index (χ4n) is 2.10. The van der Waals surface area contributed by atoms with Crippen molar-refractivity contribution >= 4 is 11.7 Å². The van der Waals surface area contributed by atoms with Crippen LogP contribution >= 0.6 is 0 Å². The summed E-state index contributed by atoms with van der Waals surface area (Å²) in [7, 11) is 0. The van der Waals surface area contributed by atoms with Crippen molar-refractivity contribution in [1.29, 1.82) is 0 Å². The van der Waals surface area contributed by atoms with Gasteiger partial charge >= 0.3 is 0 Å². The minimum absolute atomic E-state index is 0.0802. The van der Waals surface area contributed by atoms with Crippen molar-refractivity contribution in [3.8, 4) is 0 Å². The lowest BCUT2D eigenvalue weighted by molar-refractivity contribution is -0.128. The van der Waals surface area contributed by atoms with Gasteiger partial charge in [0.15, 0.2) is 0 Å². The number of hydrogen-bond donors (Lipinski definition) is 2. The molecule has 1 unspecified atom stereocenters. The van der Waals surface area contributed by atoms with Crippen LogP contribution in [0.1, 0.15) is 19.5 Å². The molecule has 1 aliphatic rings. The van der Waals surface area contributed by atoms with Crippen LogP contribution < -0.4 is 10.6 Å². The van der Waals surface area contributed by atoms with Gasteiger partial charge in [-0.05, 0) is 26.0 Å². The quantitative estimate of drug-likeness (QED) is 0.829. The number of piperazine rings is 1. The van der Waals surface area contributed by atoms with E-state index in [9.17, 15) is 4.79 Å². The molecule has 1 saturated heterocycles. The minimum atomic E-state index is -0.0802. The second-order valence-electron chi connectivity index (χ2n) is 4.48. The molecule has 5 heteroatoms. The van der Waals surface area contributed by atoms with E-state index in [4.69, 9.17) is 0 Å². The largest absolute Gasteiger partial charge is 0.370 e. The van der Waals surface area contributed by atoms with E-state index in [1.54, 1.807) is 0 Å². The van der Waals surface area contributed by atoms with Crippen LogP contribution in [0.25, 0.3) is 0 Å². The third-order valence-electron chi connectivity index (χ3n) is 3.16. The summed E-state index contributed by atoms with van der Waals surface area (Å²) in [6.07, 6.45) is 0. The van der Waals surface area contributed by atoms with Gasteiger partial charge in [-0.2, -0.15) is 0 Å². The number of amides is 1. The molecule has 1 atom stereocenters. The molecule has 1 fully saturated rings. The van der Waals surface area contributed by atoms with Crippen molar-refractivity contribution in [2.24, 2.45) is 0 Å².